The number of hydrogen-bond acceptors (Lipinski definition) is 8. The van der Waals surface area contributed by atoms with Crippen molar-refractivity contribution < 1.29 is 18.3 Å². The van der Waals surface area contributed by atoms with E-state index in [1.807, 2.05) is 0 Å². The third-order valence-electron chi connectivity index (χ3n) is 4.02. The van der Waals surface area contributed by atoms with Crippen LogP contribution in [0.4, 0.5) is 5.13 Å². The number of anilines is 1. The first-order valence-electron chi connectivity index (χ1n) is 7.36. The standard InChI is InChI=1S/C17H14N2O5S/c1-7-10(9-6-25-17(18)19-9)12(20)11-13(21-2)8-4-5-23-14(8)16(22-3)15(11)24-7/h4-6H,1-3H3,(H2,18,19). The maximum Gasteiger partial charge on any atom is 0.206 e. The van der Waals surface area contributed by atoms with Crippen molar-refractivity contribution in [3.05, 3.63) is 33.7 Å². The summed E-state index contributed by atoms with van der Waals surface area (Å²) in [6, 6.07) is 1.72. The summed E-state index contributed by atoms with van der Waals surface area (Å²) in [6.45, 7) is 1.70. The molecule has 2 N–H and O–H groups in total. The van der Waals surface area contributed by atoms with E-state index in [0.29, 0.717) is 44.6 Å². The maximum absolute atomic E-state index is 13.3. The van der Waals surface area contributed by atoms with Crippen molar-refractivity contribution in [1.82, 2.24) is 4.98 Å². The van der Waals surface area contributed by atoms with Gasteiger partial charge in [-0.3, -0.25) is 4.79 Å². The van der Waals surface area contributed by atoms with Crippen molar-refractivity contribution in [3.8, 4) is 22.8 Å². The van der Waals surface area contributed by atoms with Crippen LogP contribution in [0.15, 0.2) is 31.3 Å². The third-order valence-corrected chi connectivity index (χ3v) is 4.70. The number of thiazole rings is 1. The minimum Gasteiger partial charge on any atom is -0.495 e. The minimum atomic E-state index is -0.262. The van der Waals surface area contributed by atoms with Crippen molar-refractivity contribution >= 4 is 38.4 Å². The number of hydrogen-bond donors (Lipinski definition) is 1. The van der Waals surface area contributed by atoms with Crippen LogP contribution in [-0.2, 0) is 0 Å². The molecule has 8 heteroatoms. The van der Waals surface area contributed by atoms with Crippen LogP contribution in [0.25, 0.3) is 33.2 Å². The summed E-state index contributed by atoms with van der Waals surface area (Å²) in [5.41, 5.74) is 7.01. The van der Waals surface area contributed by atoms with Gasteiger partial charge in [0.15, 0.2) is 16.3 Å². The van der Waals surface area contributed by atoms with Gasteiger partial charge in [-0.15, -0.1) is 11.3 Å². The van der Waals surface area contributed by atoms with Crippen LogP contribution in [0.3, 0.4) is 0 Å². The second-order valence-corrected chi connectivity index (χ2v) is 6.26. The van der Waals surface area contributed by atoms with Crippen molar-refractivity contribution in [3.63, 3.8) is 0 Å². The lowest BCUT2D eigenvalue weighted by atomic mass is 10.1. The van der Waals surface area contributed by atoms with Gasteiger partial charge < -0.3 is 24.0 Å². The molecule has 4 aromatic rings. The summed E-state index contributed by atoms with van der Waals surface area (Å²) in [5, 5.41) is 3.01. The molecule has 0 saturated carbocycles. The first-order valence-corrected chi connectivity index (χ1v) is 8.24. The number of furan rings is 1. The van der Waals surface area contributed by atoms with Gasteiger partial charge in [-0.2, -0.15) is 0 Å². The first kappa shape index (κ1) is 15.5. The number of ether oxygens (including phenoxy) is 2. The Labute approximate surface area is 145 Å². The molecule has 128 valence electrons. The molecule has 0 radical (unpaired) electrons. The van der Waals surface area contributed by atoms with Gasteiger partial charge in [0.05, 0.1) is 37.1 Å². The van der Waals surface area contributed by atoms with Gasteiger partial charge in [-0.25, -0.2) is 4.98 Å². The largest absolute Gasteiger partial charge is 0.495 e. The molecule has 1 aromatic carbocycles. The van der Waals surface area contributed by atoms with E-state index in [0.717, 1.165) is 0 Å². The van der Waals surface area contributed by atoms with Crippen molar-refractivity contribution in [2.75, 3.05) is 20.0 Å². The summed E-state index contributed by atoms with van der Waals surface area (Å²) in [7, 11) is 2.99. The number of nitrogens with zero attached hydrogens (tertiary/aromatic N) is 1. The molecule has 3 aromatic heterocycles. The van der Waals surface area contributed by atoms with Gasteiger partial charge in [0.1, 0.15) is 16.9 Å². The van der Waals surface area contributed by atoms with E-state index in [-0.39, 0.29) is 16.4 Å². The second-order valence-electron chi connectivity index (χ2n) is 5.37. The van der Waals surface area contributed by atoms with E-state index in [9.17, 15) is 4.79 Å². The number of benzene rings is 1. The Morgan fingerprint density at radius 2 is 1.96 bits per heavy atom. The Morgan fingerprint density at radius 3 is 2.60 bits per heavy atom. The van der Waals surface area contributed by atoms with Crippen LogP contribution in [0.5, 0.6) is 11.5 Å². The number of aromatic nitrogens is 1. The SMILES string of the molecule is COc1c2occc2c(OC)c2c(=O)c(-c3csc(N)n3)c(C)oc12. The van der Waals surface area contributed by atoms with Gasteiger partial charge in [0.2, 0.25) is 11.2 Å². The molecule has 0 aliphatic carbocycles. The molecule has 0 spiro atoms. The number of nitrogen functional groups attached to an aromatic ring is 1. The molecule has 4 rings (SSSR count). The number of aryl methyl sites for hydroxylation is 1. The highest BCUT2D eigenvalue weighted by atomic mass is 32.1. The molecule has 0 aliphatic rings. The summed E-state index contributed by atoms with van der Waals surface area (Å²) < 4.78 is 22.4. The molecule has 0 bridgehead atoms. The predicted octanol–water partition coefficient (Wildman–Crippen LogP) is 3.57. The predicted molar refractivity (Wildman–Crippen MR) is 95.6 cm³/mol. The Kier molecular flexibility index (Phi) is 3.43. The number of fused-ring (bicyclic) bond motifs is 2. The lowest BCUT2D eigenvalue weighted by Crippen LogP contribution is -2.10. The molecule has 0 fully saturated rings. The van der Waals surface area contributed by atoms with Gasteiger partial charge in [0, 0.05) is 5.38 Å². The van der Waals surface area contributed by atoms with Crippen LogP contribution >= 0.6 is 11.3 Å². The van der Waals surface area contributed by atoms with Gasteiger partial charge in [0.25, 0.3) is 0 Å². The quantitative estimate of drug-likeness (QED) is 0.597. The lowest BCUT2D eigenvalue weighted by Gasteiger charge is -2.12. The highest BCUT2D eigenvalue weighted by molar-refractivity contribution is 7.13. The van der Waals surface area contributed by atoms with Gasteiger partial charge >= 0.3 is 0 Å². The second kappa shape index (κ2) is 5.52. The van der Waals surface area contributed by atoms with Crippen LogP contribution < -0.4 is 20.6 Å². The Morgan fingerprint density at radius 1 is 1.20 bits per heavy atom. The molecule has 0 aliphatic heterocycles. The lowest BCUT2D eigenvalue weighted by molar-refractivity contribution is 0.399. The first-order chi connectivity index (χ1) is 12.1. The zero-order valence-corrected chi connectivity index (χ0v) is 14.5. The summed E-state index contributed by atoms with van der Waals surface area (Å²) in [6.07, 6.45) is 1.51. The fourth-order valence-corrected chi connectivity index (χ4v) is 3.56. The molecule has 0 saturated heterocycles. The zero-order valence-electron chi connectivity index (χ0n) is 13.7. The highest BCUT2D eigenvalue weighted by Gasteiger charge is 2.25. The summed E-state index contributed by atoms with van der Waals surface area (Å²) in [4.78, 5) is 17.5. The van der Waals surface area contributed by atoms with Crippen molar-refractivity contribution in [2.24, 2.45) is 0 Å². The third kappa shape index (κ3) is 2.11. The zero-order chi connectivity index (χ0) is 17.7. The minimum absolute atomic E-state index is 0.262. The molecular formula is C17H14N2O5S. The summed E-state index contributed by atoms with van der Waals surface area (Å²) in [5.74, 6) is 1.13. The van der Waals surface area contributed by atoms with E-state index in [1.54, 1.807) is 18.4 Å². The monoisotopic (exact) mass is 358 g/mol. The van der Waals surface area contributed by atoms with Crippen molar-refractivity contribution in [1.29, 1.82) is 0 Å². The highest BCUT2D eigenvalue weighted by Crippen LogP contribution is 2.43. The van der Waals surface area contributed by atoms with Crippen molar-refractivity contribution in [2.45, 2.75) is 6.92 Å². The van der Waals surface area contributed by atoms with Gasteiger partial charge in [-0.05, 0) is 13.0 Å². The van der Waals surface area contributed by atoms with Crippen LogP contribution in [0.2, 0.25) is 0 Å². The molecular weight excluding hydrogens is 344 g/mol. The number of methoxy groups -OCH3 is 2. The molecule has 0 unspecified atom stereocenters. The Hall–Kier alpha value is -3.00. The summed E-state index contributed by atoms with van der Waals surface area (Å²) >= 11 is 1.26. The molecule has 7 nitrogen and oxygen atoms in total. The maximum atomic E-state index is 13.3. The molecule has 25 heavy (non-hydrogen) atoms. The molecule has 0 amide bonds. The normalized spacial score (nSPS) is 11.3. The topological polar surface area (TPSA) is 101 Å². The van der Waals surface area contributed by atoms with Crippen LogP contribution in [0.1, 0.15) is 5.76 Å². The van der Waals surface area contributed by atoms with E-state index < -0.39 is 0 Å². The van der Waals surface area contributed by atoms with Crippen LogP contribution in [0, 0.1) is 6.92 Å². The fourth-order valence-electron chi connectivity index (χ4n) is 3.01. The number of nitrogens with two attached hydrogens (primary N) is 1. The van der Waals surface area contributed by atoms with Gasteiger partial charge in [-0.1, -0.05) is 0 Å². The number of rotatable bonds is 3. The van der Waals surface area contributed by atoms with Crippen LogP contribution in [-0.4, -0.2) is 19.2 Å². The van der Waals surface area contributed by atoms with E-state index in [1.165, 1.54) is 31.8 Å². The Bertz CT molecular complexity index is 1170. The van der Waals surface area contributed by atoms with E-state index in [4.69, 9.17) is 24.0 Å². The van der Waals surface area contributed by atoms with E-state index in [2.05, 4.69) is 4.98 Å². The molecule has 0 atom stereocenters. The Balaban J connectivity index is 2.23. The molecule has 3 heterocycles. The fraction of sp³-hybridized carbons (Fsp3) is 0.176. The average molecular weight is 358 g/mol. The van der Waals surface area contributed by atoms with E-state index >= 15 is 0 Å². The average Bonchev–Trinajstić information content (AvgIpc) is 3.22. The smallest absolute Gasteiger partial charge is 0.206 e.